The fraction of sp³-hybridized carbons (Fsp3) is 0.714. The number of piperidine rings is 1. The summed E-state index contributed by atoms with van der Waals surface area (Å²) in [4.78, 5) is 41.7. The number of likely N-dealkylation sites (tertiary alicyclic amines) is 1. The lowest BCUT2D eigenvalue weighted by Crippen LogP contribution is -2.44. The van der Waals surface area contributed by atoms with E-state index in [0.29, 0.717) is 51.3 Å². The number of nitrogens with one attached hydrogen (secondary N) is 1. The summed E-state index contributed by atoms with van der Waals surface area (Å²) in [6.45, 7) is 4.86. The van der Waals surface area contributed by atoms with Gasteiger partial charge in [-0.05, 0) is 32.6 Å². The predicted molar refractivity (Wildman–Crippen MR) is 107 cm³/mol. The van der Waals surface area contributed by atoms with Crippen LogP contribution >= 0.6 is 0 Å². The van der Waals surface area contributed by atoms with Gasteiger partial charge in [0, 0.05) is 69.3 Å². The van der Waals surface area contributed by atoms with Crippen LogP contribution in [0.5, 0.6) is 0 Å². The molecule has 1 aliphatic carbocycles. The van der Waals surface area contributed by atoms with Gasteiger partial charge < -0.3 is 15.1 Å². The molecule has 0 bridgehead atoms. The maximum absolute atomic E-state index is 13.2. The number of amides is 3. The molecule has 0 aromatic carbocycles. The highest BCUT2D eigenvalue weighted by Gasteiger charge is 2.36. The zero-order valence-corrected chi connectivity index (χ0v) is 17.4. The molecule has 1 saturated heterocycles. The van der Waals surface area contributed by atoms with E-state index in [1.807, 2.05) is 23.8 Å². The highest BCUT2D eigenvalue weighted by molar-refractivity contribution is 5.94. The van der Waals surface area contributed by atoms with Crippen molar-refractivity contribution < 1.29 is 14.4 Å². The summed E-state index contributed by atoms with van der Waals surface area (Å²) in [5, 5.41) is 7.41. The van der Waals surface area contributed by atoms with E-state index in [0.717, 1.165) is 36.9 Å². The molecule has 8 nitrogen and oxygen atoms in total. The Kier molecular flexibility index (Phi) is 5.61. The Morgan fingerprint density at radius 3 is 2.38 bits per heavy atom. The van der Waals surface area contributed by atoms with Crippen LogP contribution in [0.25, 0.3) is 0 Å². The Labute approximate surface area is 171 Å². The lowest BCUT2D eigenvalue weighted by Gasteiger charge is -2.34. The summed E-state index contributed by atoms with van der Waals surface area (Å²) in [5.41, 5.74) is 2.44. The lowest BCUT2D eigenvalue weighted by molar-refractivity contribution is -0.139. The number of hydrogen-bond donors (Lipinski definition) is 1. The van der Waals surface area contributed by atoms with E-state index in [1.165, 1.54) is 0 Å². The Balaban J connectivity index is 1.45. The Bertz CT molecular complexity index is 805. The fourth-order valence-corrected chi connectivity index (χ4v) is 4.68. The Morgan fingerprint density at radius 2 is 1.76 bits per heavy atom. The number of hydrogen-bond acceptors (Lipinski definition) is 4. The molecule has 4 rings (SSSR count). The number of fused-ring (bicyclic) bond motifs is 1. The van der Waals surface area contributed by atoms with Gasteiger partial charge in [0.25, 0.3) is 5.91 Å². The first-order valence-corrected chi connectivity index (χ1v) is 10.9. The molecule has 0 unspecified atom stereocenters. The maximum Gasteiger partial charge on any atom is 0.274 e. The van der Waals surface area contributed by atoms with E-state index in [1.54, 1.807) is 4.68 Å². The summed E-state index contributed by atoms with van der Waals surface area (Å²) in [5.74, 6) is 0.383. The fourth-order valence-electron chi connectivity index (χ4n) is 4.68. The monoisotopic (exact) mass is 401 g/mol. The van der Waals surface area contributed by atoms with Crippen LogP contribution in [-0.2, 0) is 29.6 Å². The van der Waals surface area contributed by atoms with Crippen LogP contribution in [0.15, 0.2) is 0 Å². The van der Waals surface area contributed by atoms with Crippen LogP contribution in [-0.4, -0.2) is 63.5 Å². The minimum atomic E-state index is -0.0749. The van der Waals surface area contributed by atoms with Gasteiger partial charge in [0.05, 0.1) is 0 Å². The topological polar surface area (TPSA) is 87.5 Å². The van der Waals surface area contributed by atoms with Gasteiger partial charge in [0.2, 0.25) is 11.8 Å². The maximum atomic E-state index is 13.2. The molecule has 3 amide bonds. The van der Waals surface area contributed by atoms with Crippen LogP contribution in [0.4, 0.5) is 0 Å². The molecule has 1 aromatic rings. The van der Waals surface area contributed by atoms with Crippen molar-refractivity contribution in [2.24, 2.45) is 18.9 Å². The number of nitrogens with zero attached hydrogens (tertiary/aromatic N) is 4. The number of aromatic nitrogens is 2. The van der Waals surface area contributed by atoms with Crippen LogP contribution < -0.4 is 5.32 Å². The van der Waals surface area contributed by atoms with Crippen LogP contribution in [0, 0.1) is 11.8 Å². The standard InChI is InChI=1S/C21H31N5O3/c1-3-22-19(27)14-7-10-25(11-8-14)21(29)18-16-13-26(20(28)15-5-4-6-15)12-9-17(16)24(2)23-18/h14-15H,3-13H2,1-2H3,(H,22,27). The normalized spacial score (nSPS) is 20.2. The van der Waals surface area contributed by atoms with E-state index in [-0.39, 0.29) is 29.6 Å². The highest BCUT2D eigenvalue weighted by atomic mass is 16.2. The van der Waals surface area contributed by atoms with Crippen molar-refractivity contribution in [3.8, 4) is 0 Å². The van der Waals surface area contributed by atoms with Gasteiger partial charge in [-0.15, -0.1) is 0 Å². The summed E-state index contributed by atoms with van der Waals surface area (Å²) in [6, 6.07) is 0. The van der Waals surface area contributed by atoms with Gasteiger partial charge in [-0.2, -0.15) is 5.10 Å². The van der Waals surface area contributed by atoms with E-state index in [4.69, 9.17) is 0 Å². The van der Waals surface area contributed by atoms with Crippen LogP contribution in [0.3, 0.4) is 0 Å². The molecule has 0 spiro atoms. The molecule has 1 aromatic heterocycles. The van der Waals surface area contributed by atoms with Gasteiger partial charge >= 0.3 is 0 Å². The molecule has 1 N–H and O–H groups in total. The zero-order valence-electron chi connectivity index (χ0n) is 17.4. The molecule has 0 radical (unpaired) electrons. The van der Waals surface area contributed by atoms with E-state index in [9.17, 15) is 14.4 Å². The summed E-state index contributed by atoms with van der Waals surface area (Å²) in [6.07, 6.45) is 5.21. The Hall–Kier alpha value is -2.38. The van der Waals surface area contributed by atoms with Crippen molar-refractivity contribution in [1.29, 1.82) is 0 Å². The van der Waals surface area contributed by atoms with Crippen molar-refractivity contribution in [3.63, 3.8) is 0 Å². The van der Waals surface area contributed by atoms with Crippen molar-refractivity contribution in [3.05, 3.63) is 17.0 Å². The molecule has 29 heavy (non-hydrogen) atoms. The SMILES string of the molecule is CCNC(=O)C1CCN(C(=O)c2nn(C)c3c2CN(C(=O)C2CCC2)CC3)CC1. The minimum absolute atomic E-state index is 0.0211. The first kappa shape index (κ1) is 19.9. The third-order valence-electron chi connectivity index (χ3n) is 6.71. The van der Waals surface area contributed by atoms with Crippen molar-refractivity contribution in [2.45, 2.75) is 52.0 Å². The van der Waals surface area contributed by atoms with Gasteiger partial charge in [-0.1, -0.05) is 6.42 Å². The molecule has 3 aliphatic rings. The van der Waals surface area contributed by atoms with E-state index >= 15 is 0 Å². The number of carbonyl (C=O) groups excluding carboxylic acids is 3. The average Bonchev–Trinajstić information content (AvgIpc) is 3.02. The van der Waals surface area contributed by atoms with Gasteiger partial charge in [-0.25, -0.2) is 0 Å². The molecule has 0 atom stereocenters. The summed E-state index contributed by atoms with van der Waals surface area (Å²) in [7, 11) is 1.88. The number of rotatable bonds is 4. The van der Waals surface area contributed by atoms with Gasteiger partial charge in [0.1, 0.15) is 0 Å². The molecule has 2 fully saturated rings. The quantitative estimate of drug-likeness (QED) is 0.818. The second-order valence-corrected chi connectivity index (χ2v) is 8.50. The smallest absolute Gasteiger partial charge is 0.274 e. The van der Waals surface area contributed by atoms with Crippen molar-refractivity contribution in [2.75, 3.05) is 26.2 Å². The summed E-state index contributed by atoms with van der Waals surface area (Å²) < 4.78 is 1.80. The van der Waals surface area contributed by atoms with E-state index < -0.39 is 0 Å². The van der Waals surface area contributed by atoms with Crippen LogP contribution in [0.1, 0.15) is 60.8 Å². The third kappa shape index (κ3) is 3.76. The highest BCUT2D eigenvalue weighted by Crippen LogP contribution is 2.31. The molecule has 3 heterocycles. The molecule has 2 aliphatic heterocycles. The first-order chi connectivity index (χ1) is 14.0. The zero-order chi connectivity index (χ0) is 20.5. The van der Waals surface area contributed by atoms with Gasteiger partial charge in [0.15, 0.2) is 5.69 Å². The third-order valence-corrected chi connectivity index (χ3v) is 6.71. The van der Waals surface area contributed by atoms with Crippen molar-refractivity contribution in [1.82, 2.24) is 24.9 Å². The number of carbonyl (C=O) groups is 3. The average molecular weight is 402 g/mol. The number of aryl methyl sites for hydroxylation is 1. The second kappa shape index (κ2) is 8.16. The van der Waals surface area contributed by atoms with Crippen LogP contribution in [0.2, 0.25) is 0 Å². The summed E-state index contributed by atoms with van der Waals surface area (Å²) >= 11 is 0. The van der Waals surface area contributed by atoms with Crippen molar-refractivity contribution >= 4 is 17.7 Å². The predicted octanol–water partition coefficient (Wildman–Crippen LogP) is 1.09. The Morgan fingerprint density at radius 1 is 1.03 bits per heavy atom. The minimum Gasteiger partial charge on any atom is -0.356 e. The molecule has 8 heteroatoms. The van der Waals surface area contributed by atoms with Gasteiger partial charge in [-0.3, -0.25) is 19.1 Å². The second-order valence-electron chi connectivity index (χ2n) is 8.50. The first-order valence-electron chi connectivity index (χ1n) is 10.9. The molecule has 158 valence electrons. The largest absolute Gasteiger partial charge is 0.356 e. The lowest BCUT2D eigenvalue weighted by atomic mass is 9.84. The molecular weight excluding hydrogens is 370 g/mol. The van der Waals surface area contributed by atoms with E-state index in [2.05, 4.69) is 10.4 Å². The molecule has 1 saturated carbocycles. The molecular formula is C21H31N5O3.